The van der Waals surface area contributed by atoms with Gasteiger partial charge in [-0.2, -0.15) is 13.2 Å². The Kier molecular flexibility index (Phi) is 10.0. The smallest absolute Gasteiger partial charge is 0.389 e. The zero-order chi connectivity index (χ0) is 28.7. The van der Waals surface area contributed by atoms with Crippen LogP contribution in [-0.2, 0) is 14.4 Å². The van der Waals surface area contributed by atoms with E-state index in [0.717, 1.165) is 11.0 Å². The Hall–Kier alpha value is -3.51. The minimum atomic E-state index is -4.52. The fourth-order valence-electron chi connectivity index (χ4n) is 3.45. The molecule has 0 radical (unpaired) electrons. The average molecular weight is 592 g/mol. The lowest BCUT2D eigenvalue weighted by Gasteiger charge is -2.34. The molecule has 2 N–H and O–H groups in total. The molecule has 0 aromatic heterocycles. The molecule has 0 saturated heterocycles. The number of fused-ring (bicyclic) bond motifs is 1. The zero-order valence-corrected chi connectivity index (χ0v) is 21.8. The van der Waals surface area contributed by atoms with Gasteiger partial charge < -0.3 is 25.0 Å². The molecule has 2 aromatic rings. The first-order chi connectivity index (χ1) is 18.3. The summed E-state index contributed by atoms with van der Waals surface area (Å²) in [7, 11) is 0. The third-order valence-electron chi connectivity index (χ3n) is 5.36. The molecule has 1 unspecified atom stereocenters. The lowest BCUT2D eigenvalue weighted by atomic mass is 10.1. The van der Waals surface area contributed by atoms with Gasteiger partial charge in [0.25, 0.3) is 11.8 Å². The molecule has 1 aliphatic rings. The van der Waals surface area contributed by atoms with Crippen LogP contribution in [0.15, 0.2) is 48.7 Å². The van der Waals surface area contributed by atoms with E-state index in [2.05, 4.69) is 17.2 Å². The number of halogens is 6. The second kappa shape index (κ2) is 13.0. The van der Waals surface area contributed by atoms with Crippen molar-refractivity contribution >= 4 is 46.6 Å². The van der Waals surface area contributed by atoms with Gasteiger partial charge in [-0.3, -0.25) is 14.4 Å². The number of nitrogens with one attached hydrogen (secondary N) is 2. The summed E-state index contributed by atoms with van der Waals surface area (Å²) in [5, 5.41) is 5.20. The van der Waals surface area contributed by atoms with Crippen LogP contribution in [0.4, 0.5) is 23.2 Å². The quantitative estimate of drug-likeness (QED) is 0.387. The Bertz CT molecular complexity index is 1260. The molecule has 0 saturated carbocycles. The van der Waals surface area contributed by atoms with E-state index in [1.54, 1.807) is 0 Å². The van der Waals surface area contributed by atoms with Crippen molar-refractivity contribution < 1.29 is 41.4 Å². The summed E-state index contributed by atoms with van der Waals surface area (Å²) in [6.45, 7) is 3.06. The second-order valence-electron chi connectivity index (χ2n) is 8.40. The molecule has 8 nitrogen and oxygen atoms in total. The van der Waals surface area contributed by atoms with Gasteiger partial charge in [-0.25, -0.2) is 4.39 Å². The van der Waals surface area contributed by atoms with Crippen molar-refractivity contribution in [2.45, 2.75) is 31.5 Å². The maximum absolute atomic E-state index is 13.4. The number of carbonyl (C=O) groups excluding carboxylic acids is 3. The van der Waals surface area contributed by atoms with E-state index in [0.29, 0.717) is 0 Å². The molecule has 0 aliphatic carbocycles. The van der Waals surface area contributed by atoms with E-state index < -0.39 is 55.3 Å². The van der Waals surface area contributed by atoms with Crippen molar-refractivity contribution in [3.63, 3.8) is 0 Å². The highest BCUT2D eigenvalue weighted by molar-refractivity contribution is 6.31. The number of hydrogen-bond donors (Lipinski definition) is 2. The van der Waals surface area contributed by atoms with Gasteiger partial charge in [0.2, 0.25) is 5.91 Å². The molecule has 3 rings (SSSR count). The van der Waals surface area contributed by atoms with E-state index in [9.17, 15) is 31.9 Å². The molecule has 0 fully saturated rings. The van der Waals surface area contributed by atoms with E-state index >= 15 is 0 Å². The molecule has 1 atom stereocenters. The molecule has 3 amide bonds. The number of amides is 3. The van der Waals surface area contributed by atoms with Crippen molar-refractivity contribution in [2.75, 3.05) is 24.6 Å². The molecule has 14 heteroatoms. The first-order valence-corrected chi connectivity index (χ1v) is 12.2. The standard InChI is InChI=1S/C25H23Cl2F4N3O5/c1-14(7-9-32-22(35)13-38-16-3-4-17(27)18(28)11-16)33-24(37)21-12-34(23(36)6-8-25(29,30)31)19-10-15(26)2-5-20(19)39-21/h2-5,10-11,21H,1,6-9,12-13H2,(H,32,35)(H,33,37). The van der Waals surface area contributed by atoms with E-state index in [1.807, 2.05) is 0 Å². The van der Waals surface area contributed by atoms with Crippen molar-refractivity contribution in [2.24, 2.45) is 0 Å². The number of carbonyl (C=O) groups is 3. The van der Waals surface area contributed by atoms with Crippen LogP contribution in [0.5, 0.6) is 11.5 Å². The van der Waals surface area contributed by atoms with Crippen LogP contribution in [0, 0.1) is 5.82 Å². The molecule has 1 heterocycles. The molecule has 210 valence electrons. The summed E-state index contributed by atoms with van der Waals surface area (Å²) < 4.78 is 62.2. The van der Waals surface area contributed by atoms with Crippen LogP contribution in [-0.4, -0.2) is 49.7 Å². The summed E-state index contributed by atoms with van der Waals surface area (Å²) in [4.78, 5) is 38.4. The van der Waals surface area contributed by atoms with Crippen molar-refractivity contribution in [3.8, 4) is 11.5 Å². The Morgan fingerprint density at radius 2 is 1.87 bits per heavy atom. The Balaban J connectivity index is 1.50. The normalized spacial score (nSPS) is 14.6. The largest absolute Gasteiger partial charge is 0.484 e. The summed E-state index contributed by atoms with van der Waals surface area (Å²) in [5.41, 5.74) is 0.366. The first kappa shape index (κ1) is 30.0. The third-order valence-corrected chi connectivity index (χ3v) is 5.90. The lowest BCUT2D eigenvalue weighted by Crippen LogP contribution is -2.50. The highest BCUT2D eigenvalue weighted by Crippen LogP contribution is 2.37. The molecular weight excluding hydrogens is 569 g/mol. The number of rotatable bonds is 10. The van der Waals surface area contributed by atoms with E-state index in [4.69, 9.17) is 32.7 Å². The van der Waals surface area contributed by atoms with E-state index in [1.165, 1.54) is 30.3 Å². The van der Waals surface area contributed by atoms with Crippen LogP contribution in [0.25, 0.3) is 0 Å². The van der Waals surface area contributed by atoms with Gasteiger partial charge in [0, 0.05) is 36.2 Å². The van der Waals surface area contributed by atoms with Crippen molar-refractivity contribution in [3.05, 3.63) is 64.5 Å². The zero-order valence-electron chi connectivity index (χ0n) is 20.2. The lowest BCUT2D eigenvalue weighted by molar-refractivity contribution is -0.143. The highest BCUT2D eigenvalue weighted by Gasteiger charge is 2.36. The Morgan fingerprint density at radius 1 is 1.13 bits per heavy atom. The molecule has 1 aliphatic heterocycles. The monoisotopic (exact) mass is 591 g/mol. The minimum absolute atomic E-state index is 0.0746. The molecular formula is C25H23Cl2F4N3O5. The maximum atomic E-state index is 13.4. The summed E-state index contributed by atoms with van der Waals surface area (Å²) in [5.74, 6) is -2.51. The SMILES string of the molecule is C=C(CCNC(=O)COc1ccc(Cl)c(F)c1)NC(=O)C1CN(C(=O)CCC(F)(F)F)c2cc(Cl)ccc2O1. The molecule has 39 heavy (non-hydrogen) atoms. The van der Waals surface area contributed by atoms with Gasteiger partial charge in [0.15, 0.2) is 12.7 Å². The number of benzene rings is 2. The summed E-state index contributed by atoms with van der Waals surface area (Å²) >= 11 is 11.6. The number of nitrogens with zero attached hydrogens (tertiary/aromatic N) is 1. The maximum Gasteiger partial charge on any atom is 0.389 e. The Labute approximate surface area is 230 Å². The summed E-state index contributed by atoms with van der Waals surface area (Å²) in [6.07, 6.45) is -7.77. The number of alkyl halides is 3. The number of ether oxygens (including phenoxy) is 2. The van der Waals surface area contributed by atoms with Gasteiger partial charge >= 0.3 is 6.18 Å². The van der Waals surface area contributed by atoms with Crippen LogP contribution in [0.2, 0.25) is 10.0 Å². The van der Waals surface area contributed by atoms with Crippen LogP contribution in [0.3, 0.4) is 0 Å². The fraction of sp³-hybridized carbons (Fsp3) is 0.320. The van der Waals surface area contributed by atoms with Gasteiger partial charge in [0.05, 0.1) is 23.7 Å². The van der Waals surface area contributed by atoms with Crippen LogP contribution in [0.1, 0.15) is 19.3 Å². The average Bonchev–Trinajstić information content (AvgIpc) is 2.86. The van der Waals surface area contributed by atoms with Gasteiger partial charge in [0.1, 0.15) is 17.3 Å². The molecule has 0 spiro atoms. The second-order valence-corrected chi connectivity index (χ2v) is 9.24. The third kappa shape index (κ3) is 9.03. The van der Waals surface area contributed by atoms with Crippen LogP contribution < -0.4 is 25.0 Å². The van der Waals surface area contributed by atoms with Crippen LogP contribution >= 0.6 is 23.2 Å². The first-order valence-electron chi connectivity index (χ1n) is 11.5. The predicted molar refractivity (Wildman–Crippen MR) is 135 cm³/mol. The van der Waals surface area contributed by atoms with E-state index in [-0.39, 0.29) is 52.4 Å². The van der Waals surface area contributed by atoms with Crippen molar-refractivity contribution in [1.29, 1.82) is 0 Å². The minimum Gasteiger partial charge on any atom is -0.484 e. The Morgan fingerprint density at radius 3 is 2.56 bits per heavy atom. The van der Waals surface area contributed by atoms with Gasteiger partial charge in [-0.1, -0.05) is 29.8 Å². The van der Waals surface area contributed by atoms with Crippen molar-refractivity contribution in [1.82, 2.24) is 10.6 Å². The molecule has 2 aromatic carbocycles. The number of anilines is 1. The predicted octanol–water partition coefficient (Wildman–Crippen LogP) is 4.78. The molecule has 0 bridgehead atoms. The fourth-order valence-corrected chi connectivity index (χ4v) is 3.73. The topological polar surface area (TPSA) is 97.0 Å². The number of hydrogen-bond acceptors (Lipinski definition) is 5. The highest BCUT2D eigenvalue weighted by atomic mass is 35.5. The van der Waals surface area contributed by atoms with Gasteiger partial charge in [-0.15, -0.1) is 0 Å². The van der Waals surface area contributed by atoms with Gasteiger partial charge in [-0.05, 0) is 30.3 Å². The summed E-state index contributed by atoms with van der Waals surface area (Å²) in [6, 6.07) is 7.96.